The smallest absolute Gasteiger partial charge is 0.358 e. The Hall–Kier alpha value is -2.79. The lowest BCUT2D eigenvalue weighted by Crippen LogP contribution is -2.16. The molecule has 0 fully saturated rings. The Morgan fingerprint density at radius 2 is 2.15 bits per heavy atom. The van der Waals surface area contributed by atoms with Crippen LogP contribution >= 0.6 is 27.5 Å². The molecule has 0 aliphatic carbocycles. The van der Waals surface area contributed by atoms with Crippen molar-refractivity contribution in [2.75, 3.05) is 5.32 Å². The van der Waals surface area contributed by atoms with E-state index in [2.05, 4.69) is 36.4 Å². The lowest BCUT2D eigenvalue weighted by Gasteiger charge is -2.02. The van der Waals surface area contributed by atoms with E-state index in [0.29, 0.717) is 11.6 Å². The third kappa shape index (κ3) is 5.11. The van der Waals surface area contributed by atoms with Gasteiger partial charge < -0.3 is 10.1 Å². The summed E-state index contributed by atoms with van der Waals surface area (Å²) in [4.78, 5) is 26.2. The number of hydrogen-bond donors (Lipinski definition) is 1. The summed E-state index contributed by atoms with van der Waals surface area (Å²) in [6.07, 6.45) is 3.02. The Balaban J connectivity index is 1.53. The fourth-order valence-corrected chi connectivity index (χ4v) is 2.95. The number of carbonyl (C=O) groups excluding carboxylic acids is 1. The second-order valence-corrected chi connectivity index (χ2v) is 6.81. The quantitative estimate of drug-likeness (QED) is 0.433. The molecule has 2 aromatic heterocycles. The van der Waals surface area contributed by atoms with Crippen molar-refractivity contribution in [2.45, 2.75) is 19.5 Å². The van der Waals surface area contributed by atoms with Crippen molar-refractivity contribution in [3.63, 3.8) is 0 Å². The van der Waals surface area contributed by atoms with Crippen molar-refractivity contribution < 1.29 is 9.72 Å². The third-order valence-corrected chi connectivity index (χ3v) is 4.26. The van der Waals surface area contributed by atoms with E-state index in [1.165, 1.54) is 17.2 Å². The van der Waals surface area contributed by atoms with Gasteiger partial charge in [0.2, 0.25) is 11.9 Å². The number of nitrogens with zero attached hydrogens (tertiary/aromatic N) is 6. The predicted molar refractivity (Wildman–Crippen MR) is 100 cm³/mol. The van der Waals surface area contributed by atoms with Crippen LogP contribution in [0.15, 0.2) is 41.3 Å². The highest BCUT2D eigenvalue weighted by molar-refractivity contribution is 9.10. The number of halogens is 2. The molecule has 1 amide bonds. The highest BCUT2D eigenvalue weighted by Crippen LogP contribution is 2.22. The van der Waals surface area contributed by atoms with E-state index in [9.17, 15) is 14.9 Å². The van der Waals surface area contributed by atoms with Gasteiger partial charge in [-0.15, -0.1) is 5.10 Å². The average Bonchev–Trinajstić information content (AvgIpc) is 3.19. The number of amides is 1. The molecule has 27 heavy (non-hydrogen) atoms. The van der Waals surface area contributed by atoms with Gasteiger partial charge in [-0.3, -0.25) is 10.1 Å². The molecule has 1 aromatic carbocycles. The van der Waals surface area contributed by atoms with Gasteiger partial charge in [0.15, 0.2) is 0 Å². The number of hydrogen-bond acceptors (Lipinski definition) is 6. The van der Waals surface area contributed by atoms with Gasteiger partial charge in [-0.1, -0.05) is 23.7 Å². The summed E-state index contributed by atoms with van der Waals surface area (Å²) in [6, 6.07) is 7.36. The number of rotatable bonds is 7. The lowest BCUT2D eigenvalue weighted by atomic mass is 10.2. The molecule has 0 unspecified atom stereocenters. The molecule has 3 aromatic rings. The number of nitrogens with one attached hydrogen (secondary N) is 1. The Bertz CT molecular complexity index is 987. The summed E-state index contributed by atoms with van der Waals surface area (Å²) in [7, 11) is 0. The zero-order chi connectivity index (χ0) is 19.4. The van der Waals surface area contributed by atoms with Crippen LogP contribution in [0.3, 0.4) is 0 Å². The van der Waals surface area contributed by atoms with Crippen LogP contribution in [0.4, 0.5) is 11.8 Å². The number of aryl methyl sites for hydroxylation is 1. The second-order valence-electron chi connectivity index (χ2n) is 5.51. The fourth-order valence-electron chi connectivity index (χ4n) is 2.28. The summed E-state index contributed by atoms with van der Waals surface area (Å²) in [5.41, 5.74) is 0.955. The molecular formula is C15H13BrClN7O3. The first-order chi connectivity index (χ1) is 12.9. The Morgan fingerprint density at radius 1 is 1.33 bits per heavy atom. The van der Waals surface area contributed by atoms with Crippen molar-refractivity contribution >= 4 is 45.2 Å². The average molecular weight is 455 g/mol. The molecule has 1 N–H and O–H groups in total. The first-order valence-corrected chi connectivity index (χ1v) is 8.89. The second kappa shape index (κ2) is 8.27. The minimum absolute atomic E-state index is 0.0636. The molecule has 0 bridgehead atoms. The third-order valence-electron chi connectivity index (χ3n) is 3.46. The molecular weight excluding hydrogens is 442 g/mol. The number of benzene rings is 1. The van der Waals surface area contributed by atoms with E-state index in [1.807, 2.05) is 18.2 Å². The van der Waals surface area contributed by atoms with Crippen molar-refractivity contribution in [1.29, 1.82) is 0 Å². The summed E-state index contributed by atoms with van der Waals surface area (Å²) in [5.74, 6) is -0.448. The van der Waals surface area contributed by atoms with Crippen LogP contribution in [0.1, 0.15) is 12.0 Å². The molecule has 0 aliphatic heterocycles. The van der Waals surface area contributed by atoms with Gasteiger partial charge in [-0.2, -0.15) is 4.68 Å². The van der Waals surface area contributed by atoms with Gasteiger partial charge >= 0.3 is 5.82 Å². The van der Waals surface area contributed by atoms with Gasteiger partial charge in [0.1, 0.15) is 10.8 Å². The van der Waals surface area contributed by atoms with E-state index in [4.69, 9.17) is 11.6 Å². The standard InChI is InChI=1S/C15H13BrClN7O3/c16-12-8-22(20-14(12)24(26)27)5-4-13(25)19-15-18-9-23(21-15)7-10-2-1-3-11(17)6-10/h1-3,6,8-9H,4-5,7H2,(H,19,21,25). The van der Waals surface area contributed by atoms with E-state index in [1.54, 1.807) is 10.7 Å². The SMILES string of the molecule is O=C(CCn1cc(Br)c([N+](=O)[O-])n1)Nc1ncn(Cc2cccc(Cl)c2)n1. The minimum atomic E-state index is -0.600. The largest absolute Gasteiger partial charge is 0.404 e. The summed E-state index contributed by atoms with van der Waals surface area (Å²) < 4.78 is 3.16. The molecule has 140 valence electrons. The lowest BCUT2D eigenvalue weighted by molar-refractivity contribution is -0.390. The van der Waals surface area contributed by atoms with Crippen LogP contribution in [0, 0.1) is 10.1 Å². The van der Waals surface area contributed by atoms with Gasteiger partial charge in [-0.25, -0.2) is 9.67 Å². The molecule has 0 aliphatic rings. The maximum Gasteiger partial charge on any atom is 0.404 e. The van der Waals surface area contributed by atoms with E-state index in [0.717, 1.165) is 5.56 Å². The molecule has 0 radical (unpaired) electrons. The highest BCUT2D eigenvalue weighted by atomic mass is 79.9. The van der Waals surface area contributed by atoms with Gasteiger partial charge in [-0.05, 0) is 38.5 Å². The molecule has 0 saturated heterocycles. The number of anilines is 1. The molecule has 12 heteroatoms. The highest BCUT2D eigenvalue weighted by Gasteiger charge is 2.19. The van der Waals surface area contributed by atoms with Crippen LogP contribution in [-0.4, -0.2) is 35.4 Å². The van der Waals surface area contributed by atoms with Crippen molar-refractivity contribution in [1.82, 2.24) is 24.5 Å². The summed E-state index contributed by atoms with van der Waals surface area (Å²) >= 11 is 9.01. The van der Waals surface area contributed by atoms with Crippen LogP contribution < -0.4 is 5.32 Å². The molecule has 10 nitrogen and oxygen atoms in total. The Morgan fingerprint density at radius 3 is 2.85 bits per heavy atom. The van der Waals surface area contributed by atoms with Crippen LogP contribution in [-0.2, 0) is 17.9 Å². The zero-order valence-electron chi connectivity index (χ0n) is 13.7. The van der Waals surface area contributed by atoms with Crippen LogP contribution in [0.25, 0.3) is 0 Å². The molecule has 3 rings (SSSR count). The first kappa shape index (κ1) is 19.0. The fraction of sp³-hybridized carbons (Fsp3) is 0.200. The van der Waals surface area contributed by atoms with Crippen molar-refractivity contribution in [3.05, 3.63) is 62.0 Å². The normalized spacial score (nSPS) is 10.7. The van der Waals surface area contributed by atoms with E-state index < -0.39 is 4.92 Å². The van der Waals surface area contributed by atoms with Gasteiger partial charge in [0.05, 0.1) is 24.4 Å². The number of carbonyl (C=O) groups is 1. The minimum Gasteiger partial charge on any atom is -0.358 e. The predicted octanol–water partition coefficient (Wildman–Crippen LogP) is 2.88. The summed E-state index contributed by atoms with van der Waals surface area (Å²) in [5, 5.41) is 21.9. The van der Waals surface area contributed by atoms with Gasteiger partial charge in [0.25, 0.3) is 0 Å². The number of aromatic nitrogens is 5. The van der Waals surface area contributed by atoms with Crippen molar-refractivity contribution in [2.24, 2.45) is 0 Å². The van der Waals surface area contributed by atoms with Gasteiger partial charge in [0, 0.05) is 11.4 Å². The summed E-state index contributed by atoms with van der Waals surface area (Å²) in [6.45, 7) is 0.649. The zero-order valence-corrected chi connectivity index (χ0v) is 16.1. The number of nitro groups is 1. The van der Waals surface area contributed by atoms with Crippen LogP contribution in [0.2, 0.25) is 5.02 Å². The topological polar surface area (TPSA) is 121 Å². The molecule has 0 atom stereocenters. The molecule has 2 heterocycles. The maximum atomic E-state index is 12.0. The maximum absolute atomic E-state index is 12.0. The Labute approximate surface area is 166 Å². The first-order valence-electron chi connectivity index (χ1n) is 7.72. The van der Waals surface area contributed by atoms with Crippen molar-refractivity contribution in [3.8, 4) is 0 Å². The van der Waals surface area contributed by atoms with E-state index >= 15 is 0 Å². The van der Waals surface area contributed by atoms with Crippen LogP contribution in [0.5, 0.6) is 0 Å². The van der Waals surface area contributed by atoms with E-state index in [-0.39, 0.29) is 35.1 Å². The monoisotopic (exact) mass is 453 g/mol. The Kier molecular flexibility index (Phi) is 5.81. The molecule has 0 spiro atoms. The molecule has 0 saturated carbocycles.